The van der Waals surface area contributed by atoms with Crippen LogP contribution in [0.4, 0.5) is 0 Å². The summed E-state index contributed by atoms with van der Waals surface area (Å²) in [6, 6.07) is 13.6. The Morgan fingerprint density at radius 2 is 1.70 bits per heavy atom. The molecule has 0 atom stereocenters. The zero-order valence-corrected chi connectivity index (χ0v) is 12.2. The number of aryl methyl sites for hydroxylation is 2. The molecular weight excluding hydrogens is 272 g/mol. The second-order valence-corrected chi connectivity index (χ2v) is 6.65. The lowest BCUT2D eigenvalue weighted by atomic mass is 10.2. The van der Waals surface area contributed by atoms with Crippen LogP contribution >= 0.6 is 0 Å². The summed E-state index contributed by atoms with van der Waals surface area (Å²) in [5, 5.41) is 0. The molecule has 0 radical (unpaired) electrons. The number of nitrogens with one attached hydrogen (secondary N) is 1. The van der Waals surface area contributed by atoms with Crippen molar-refractivity contribution in [2.75, 3.05) is 12.3 Å². The Hall–Kier alpha value is -1.59. The number of benzene rings is 1. The monoisotopic (exact) mass is 292 g/mol. The summed E-state index contributed by atoms with van der Waals surface area (Å²) < 4.78 is 28.4. The van der Waals surface area contributed by atoms with Gasteiger partial charge in [0.15, 0.2) is 0 Å². The van der Waals surface area contributed by atoms with Crippen LogP contribution in [0.25, 0.3) is 0 Å². The van der Waals surface area contributed by atoms with Crippen molar-refractivity contribution in [3.05, 3.63) is 60.4 Å². The molecule has 1 N–H and O–H groups in total. The van der Waals surface area contributed by atoms with E-state index in [1.807, 2.05) is 59.4 Å². The van der Waals surface area contributed by atoms with Crippen LogP contribution in [0.2, 0.25) is 0 Å². The smallest absolute Gasteiger partial charge is 0.211 e. The minimum absolute atomic E-state index is 0.139. The van der Waals surface area contributed by atoms with E-state index in [-0.39, 0.29) is 5.75 Å². The predicted octanol–water partition coefficient (Wildman–Crippen LogP) is 2.04. The Labute approximate surface area is 120 Å². The van der Waals surface area contributed by atoms with E-state index in [9.17, 15) is 8.42 Å². The van der Waals surface area contributed by atoms with Crippen LogP contribution in [0, 0.1) is 0 Å². The van der Waals surface area contributed by atoms with E-state index in [0.717, 1.165) is 18.5 Å². The van der Waals surface area contributed by atoms with E-state index >= 15 is 0 Å². The lowest BCUT2D eigenvalue weighted by Crippen LogP contribution is -2.28. The van der Waals surface area contributed by atoms with Gasteiger partial charge >= 0.3 is 0 Å². The number of nitrogens with zero attached hydrogens (tertiary/aromatic N) is 1. The van der Waals surface area contributed by atoms with Crippen LogP contribution in [0.3, 0.4) is 0 Å². The first-order chi connectivity index (χ1) is 9.66. The number of rotatable bonds is 8. The van der Waals surface area contributed by atoms with Crippen molar-refractivity contribution in [1.29, 1.82) is 0 Å². The lowest BCUT2D eigenvalue weighted by Gasteiger charge is -2.07. The van der Waals surface area contributed by atoms with E-state index in [2.05, 4.69) is 4.72 Å². The standard InChI is InChI=1S/C15H20N2O2S/c18-20(19,14-9-15-7-2-1-3-8-15)16-10-6-13-17-11-4-5-12-17/h1-5,7-8,11-12,16H,6,9-10,13-14H2. The first kappa shape index (κ1) is 14.8. The molecule has 20 heavy (non-hydrogen) atoms. The molecule has 1 aromatic carbocycles. The largest absolute Gasteiger partial charge is 0.354 e. The first-order valence-electron chi connectivity index (χ1n) is 6.78. The van der Waals surface area contributed by atoms with Crippen molar-refractivity contribution in [1.82, 2.24) is 9.29 Å². The fourth-order valence-electron chi connectivity index (χ4n) is 1.98. The normalized spacial score (nSPS) is 11.6. The van der Waals surface area contributed by atoms with Crippen LogP contribution in [0.5, 0.6) is 0 Å². The topological polar surface area (TPSA) is 51.1 Å². The van der Waals surface area contributed by atoms with E-state index < -0.39 is 10.0 Å². The third-order valence-corrected chi connectivity index (χ3v) is 4.47. The molecule has 0 unspecified atom stereocenters. The van der Waals surface area contributed by atoms with Gasteiger partial charge in [-0.25, -0.2) is 13.1 Å². The number of aromatic nitrogens is 1. The molecule has 0 saturated heterocycles. The fraction of sp³-hybridized carbons (Fsp3) is 0.333. The lowest BCUT2D eigenvalue weighted by molar-refractivity contribution is 0.569. The average molecular weight is 292 g/mol. The molecule has 0 spiro atoms. The summed E-state index contributed by atoms with van der Waals surface area (Å²) in [6.07, 6.45) is 5.29. The van der Waals surface area contributed by atoms with Crippen molar-refractivity contribution in [3.8, 4) is 0 Å². The van der Waals surface area contributed by atoms with E-state index in [0.29, 0.717) is 13.0 Å². The molecule has 0 aliphatic heterocycles. The highest BCUT2D eigenvalue weighted by atomic mass is 32.2. The average Bonchev–Trinajstić information content (AvgIpc) is 2.96. The van der Waals surface area contributed by atoms with Crippen LogP contribution in [-0.4, -0.2) is 25.3 Å². The van der Waals surface area contributed by atoms with Crippen molar-refractivity contribution in [2.24, 2.45) is 0 Å². The van der Waals surface area contributed by atoms with Gasteiger partial charge in [0.2, 0.25) is 10.0 Å². The molecule has 0 aliphatic rings. The highest BCUT2D eigenvalue weighted by Crippen LogP contribution is 2.01. The van der Waals surface area contributed by atoms with Gasteiger partial charge in [-0.1, -0.05) is 30.3 Å². The summed E-state index contributed by atoms with van der Waals surface area (Å²) in [5.41, 5.74) is 1.05. The summed E-state index contributed by atoms with van der Waals surface area (Å²) in [4.78, 5) is 0. The second kappa shape index (κ2) is 7.26. The molecule has 5 heteroatoms. The maximum Gasteiger partial charge on any atom is 0.211 e. The van der Waals surface area contributed by atoms with Crippen LogP contribution < -0.4 is 4.72 Å². The van der Waals surface area contributed by atoms with Gasteiger partial charge < -0.3 is 4.57 Å². The molecule has 0 bridgehead atoms. The Bertz CT molecular complexity index is 592. The van der Waals surface area contributed by atoms with Gasteiger partial charge in [-0.3, -0.25) is 0 Å². The summed E-state index contributed by atoms with van der Waals surface area (Å²) in [6.45, 7) is 1.31. The number of hydrogen-bond donors (Lipinski definition) is 1. The zero-order valence-electron chi connectivity index (χ0n) is 11.4. The highest BCUT2D eigenvalue weighted by Gasteiger charge is 2.09. The van der Waals surface area contributed by atoms with Crippen LogP contribution in [0.15, 0.2) is 54.9 Å². The van der Waals surface area contributed by atoms with Gasteiger partial charge in [-0.15, -0.1) is 0 Å². The maximum atomic E-state index is 11.8. The third kappa shape index (κ3) is 5.19. The quantitative estimate of drug-likeness (QED) is 0.757. The number of hydrogen-bond acceptors (Lipinski definition) is 2. The zero-order chi connectivity index (χ0) is 14.3. The molecular formula is C15H20N2O2S. The van der Waals surface area contributed by atoms with E-state index in [4.69, 9.17) is 0 Å². The SMILES string of the molecule is O=S(=O)(CCc1ccccc1)NCCCn1cccc1. The van der Waals surface area contributed by atoms with Crippen molar-refractivity contribution < 1.29 is 8.42 Å². The summed E-state index contributed by atoms with van der Waals surface area (Å²) >= 11 is 0. The van der Waals surface area contributed by atoms with Gasteiger partial charge in [-0.05, 0) is 30.5 Å². The Kier molecular flexibility index (Phi) is 5.38. The molecule has 2 aromatic rings. The highest BCUT2D eigenvalue weighted by molar-refractivity contribution is 7.89. The molecule has 1 heterocycles. The predicted molar refractivity (Wildman–Crippen MR) is 81.0 cm³/mol. The van der Waals surface area contributed by atoms with Crippen molar-refractivity contribution in [3.63, 3.8) is 0 Å². The van der Waals surface area contributed by atoms with E-state index in [1.165, 1.54) is 0 Å². The maximum absolute atomic E-state index is 11.8. The minimum Gasteiger partial charge on any atom is -0.354 e. The van der Waals surface area contributed by atoms with Gasteiger partial charge in [0.05, 0.1) is 5.75 Å². The first-order valence-corrected chi connectivity index (χ1v) is 8.43. The molecule has 2 rings (SSSR count). The van der Waals surface area contributed by atoms with Crippen LogP contribution in [-0.2, 0) is 23.0 Å². The molecule has 108 valence electrons. The molecule has 0 fully saturated rings. The van der Waals surface area contributed by atoms with Crippen molar-refractivity contribution in [2.45, 2.75) is 19.4 Å². The van der Waals surface area contributed by atoms with E-state index in [1.54, 1.807) is 0 Å². The second-order valence-electron chi connectivity index (χ2n) is 4.72. The van der Waals surface area contributed by atoms with Crippen LogP contribution in [0.1, 0.15) is 12.0 Å². The minimum atomic E-state index is -3.18. The molecule has 0 saturated carbocycles. The molecule has 0 aliphatic carbocycles. The molecule has 4 nitrogen and oxygen atoms in total. The van der Waals surface area contributed by atoms with Gasteiger partial charge in [0.1, 0.15) is 0 Å². The third-order valence-electron chi connectivity index (χ3n) is 3.08. The molecule has 1 aromatic heterocycles. The Morgan fingerprint density at radius 3 is 2.40 bits per heavy atom. The summed E-state index contributed by atoms with van der Waals surface area (Å²) in [7, 11) is -3.18. The summed E-state index contributed by atoms with van der Waals surface area (Å²) in [5.74, 6) is 0.139. The van der Waals surface area contributed by atoms with Crippen molar-refractivity contribution >= 4 is 10.0 Å². The molecule has 0 amide bonds. The van der Waals surface area contributed by atoms with Gasteiger partial charge in [0.25, 0.3) is 0 Å². The van der Waals surface area contributed by atoms with Gasteiger partial charge in [-0.2, -0.15) is 0 Å². The van der Waals surface area contributed by atoms with Gasteiger partial charge in [0, 0.05) is 25.5 Å². The number of sulfonamides is 1. The Morgan fingerprint density at radius 1 is 1.00 bits per heavy atom. The fourth-order valence-corrected chi connectivity index (χ4v) is 3.08. The Balaban J connectivity index is 1.68.